The van der Waals surface area contributed by atoms with Crippen molar-refractivity contribution in [2.75, 3.05) is 25.0 Å². The molecule has 0 aromatic heterocycles. The van der Waals surface area contributed by atoms with Gasteiger partial charge in [0.2, 0.25) is 5.91 Å². The standard InChI is InChI=1S/C21H24N2O2S/c1-3-21(24)22-18-10-12-19(13-11-18)26(4-2)23-14-15-25-20(16-23)17-8-6-5-7-9-17/h3-13,20H,1,14-16H2,2H3,(H,22,24). The molecule has 3 rings (SSSR count). The lowest BCUT2D eigenvalue weighted by molar-refractivity contribution is -0.111. The third-order valence-corrected chi connectivity index (χ3v) is 6.34. The Bertz CT molecular complexity index is 787. The molecular weight excluding hydrogens is 344 g/mol. The largest absolute Gasteiger partial charge is 0.371 e. The molecule has 1 amide bonds. The Balaban J connectivity index is 1.74. The lowest BCUT2D eigenvalue weighted by Gasteiger charge is -2.35. The molecule has 1 fully saturated rings. The number of ether oxygens (including phenoxy) is 1. The SMILES string of the molecule is C=CC(=O)Nc1ccc(/S(=C\C)N2CCOC(c3ccccc3)C2)cc1. The predicted molar refractivity (Wildman–Crippen MR) is 110 cm³/mol. The number of amides is 1. The van der Waals surface area contributed by atoms with Crippen molar-refractivity contribution in [3.05, 3.63) is 72.8 Å². The summed E-state index contributed by atoms with van der Waals surface area (Å²) >= 11 is 0. The zero-order valence-corrected chi connectivity index (χ0v) is 15.7. The van der Waals surface area contributed by atoms with Crippen molar-refractivity contribution in [1.29, 1.82) is 0 Å². The summed E-state index contributed by atoms with van der Waals surface area (Å²) in [5, 5.41) is 5.03. The van der Waals surface area contributed by atoms with E-state index in [0.717, 1.165) is 25.4 Å². The molecule has 2 unspecified atom stereocenters. The lowest BCUT2D eigenvalue weighted by atomic mass is 10.1. The Morgan fingerprint density at radius 1 is 1.23 bits per heavy atom. The molecule has 0 radical (unpaired) electrons. The van der Waals surface area contributed by atoms with Crippen LogP contribution in [0, 0.1) is 0 Å². The van der Waals surface area contributed by atoms with Gasteiger partial charge in [-0.1, -0.05) is 47.6 Å². The summed E-state index contributed by atoms with van der Waals surface area (Å²) in [6, 6.07) is 18.4. The number of benzene rings is 2. The molecular formula is C21H24N2O2S. The smallest absolute Gasteiger partial charge is 0.247 e. The van der Waals surface area contributed by atoms with Crippen LogP contribution in [0.4, 0.5) is 5.69 Å². The Labute approximate surface area is 157 Å². The molecule has 1 heterocycles. The number of rotatable bonds is 5. The van der Waals surface area contributed by atoms with Crippen LogP contribution in [0.2, 0.25) is 0 Å². The molecule has 1 saturated heterocycles. The minimum atomic E-state index is -0.197. The van der Waals surface area contributed by atoms with E-state index in [2.05, 4.69) is 64.9 Å². The fraction of sp³-hybridized carbons (Fsp3) is 0.238. The van der Waals surface area contributed by atoms with Gasteiger partial charge in [-0.25, -0.2) is 4.31 Å². The van der Waals surface area contributed by atoms with Crippen LogP contribution in [-0.2, 0) is 9.53 Å². The van der Waals surface area contributed by atoms with Crippen LogP contribution in [0.15, 0.2) is 72.1 Å². The van der Waals surface area contributed by atoms with Crippen LogP contribution in [-0.4, -0.2) is 35.3 Å². The highest BCUT2D eigenvalue weighted by Gasteiger charge is 2.24. The molecule has 136 valence electrons. The third-order valence-electron chi connectivity index (χ3n) is 4.25. The first kappa shape index (κ1) is 18.6. The second-order valence-corrected chi connectivity index (χ2v) is 8.01. The monoisotopic (exact) mass is 368 g/mol. The van der Waals surface area contributed by atoms with E-state index in [4.69, 9.17) is 4.74 Å². The van der Waals surface area contributed by atoms with Gasteiger partial charge in [-0.3, -0.25) is 4.79 Å². The second-order valence-electron chi connectivity index (χ2n) is 5.93. The number of nitrogens with one attached hydrogen (secondary N) is 1. The fourth-order valence-electron chi connectivity index (χ4n) is 2.98. The Kier molecular flexibility index (Phi) is 6.39. The quantitative estimate of drug-likeness (QED) is 0.634. The molecule has 0 spiro atoms. The number of hydrogen-bond acceptors (Lipinski definition) is 3. The molecule has 0 saturated carbocycles. The van der Waals surface area contributed by atoms with Crippen LogP contribution in [0.1, 0.15) is 18.6 Å². The van der Waals surface area contributed by atoms with E-state index in [1.54, 1.807) is 0 Å². The third kappa shape index (κ3) is 4.49. The normalized spacial score (nSPS) is 19.0. The summed E-state index contributed by atoms with van der Waals surface area (Å²) in [4.78, 5) is 12.7. The lowest BCUT2D eigenvalue weighted by Crippen LogP contribution is -2.35. The van der Waals surface area contributed by atoms with Crippen LogP contribution in [0.3, 0.4) is 0 Å². The fourth-order valence-corrected chi connectivity index (χ4v) is 4.83. The number of carbonyl (C=O) groups excluding carboxylic acids is 1. The van der Waals surface area contributed by atoms with E-state index in [1.165, 1.54) is 16.5 Å². The first-order valence-corrected chi connectivity index (χ1v) is 9.93. The van der Waals surface area contributed by atoms with Crippen molar-refractivity contribution in [1.82, 2.24) is 4.31 Å². The van der Waals surface area contributed by atoms with Crippen molar-refractivity contribution in [3.63, 3.8) is 0 Å². The molecule has 26 heavy (non-hydrogen) atoms. The summed E-state index contributed by atoms with van der Waals surface area (Å²) in [6.45, 7) is 8.08. The summed E-state index contributed by atoms with van der Waals surface area (Å²) < 4.78 is 8.46. The first-order chi connectivity index (χ1) is 12.7. The van der Waals surface area contributed by atoms with Gasteiger partial charge in [0.1, 0.15) is 0 Å². The van der Waals surface area contributed by atoms with Crippen molar-refractivity contribution in [3.8, 4) is 0 Å². The van der Waals surface area contributed by atoms with E-state index in [1.807, 2.05) is 18.2 Å². The van der Waals surface area contributed by atoms with Gasteiger partial charge in [0.05, 0.1) is 12.7 Å². The van der Waals surface area contributed by atoms with Crippen molar-refractivity contribution >= 4 is 27.6 Å². The maximum absolute atomic E-state index is 11.4. The predicted octanol–water partition coefficient (Wildman–Crippen LogP) is 4.25. The van der Waals surface area contributed by atoms with Crippen LogP contribution in [0.5, 0.6) is 0 Å². The van der Waals surface area contributed by atoms with E-state index in [-0.39, 0.29) is 22.7 Å². The van der Waals surface area contributed by atoms with Gasteiger partial charge in [-0.15, -0.1) is 0 Å². The molecule has 1 aliphatic rings. The van der Waals surface area contributed by atoms with Gasteiger partial charge in [0.15, 0.2) is 0 Å². The maximum atomic E-state index is 11.4. The molecule has 0 bridgehead atoms. The number of hydrogen-bond donors (Lipinski definition) is 1. The average molecular weight is 369 g/mol. The minimum absolute atomic E-state index is 0.103. The van der Waals surface area contributed by atoms with Crippen LogP contribution >= 0.6 is 10.7 Å². The maximum Gasteiger partial charge on any atom is 0.247 e. The van der Waals surface area contributed by atoms with Crippen molar-refractivity contribution in [2.45, 2.75) is 17.9 Å². The minimum Gasteiger partial charge on any atom is -0.371 e. The van der Waals surface area contributed by atoms with Gasteiger partial charge >= 0.3 is 0 Å². The number of carbonyl (C=O) groups is 1. The van der Waals surface area contributed by atoms with E-state index in [0.29, 0.717) is 0 Å². The summed E-state index contributed by atoms with van der Waals surface area (Å²) in [7, 11) is -0.103. The van der Waals surface area contributed by atoms with Gasteiger partial charge in [-0.05, 0) is 48.2 Å². The Hall–Kier alpha value is -2.21. The molecule has 2 atom stereocenters. The first-order valence-electron chi connectivity index (χ1n) is 8.69. The summed E-state index contributed by atoms with van der Waals surface area (Å²) in [5.41, 5.74) is 2.00. The molecule has 4 nitrogen and oxygen atoms in total. The number of morpholine rings is 1. The highest BCUT2D eigenvalue weighted by Crippen LogP contribution is 2.35. The molecule has 1 aliphatic heterocycles. The van der Waals surface area contributed by atoms with E-state index < -0.39 is 0 Å². The van der Waals surface area contributed by atoms with Crippen LogP contribution in [0.25, 0.3) is 0 Å². The van der Waals surface area contributed by atoms with E-state index >= 15 is 0 Å². The topological polar surface area (TPSA) is 41.6 Å². The van der Waals surface area contributed by atoms with Gasteiger partial charge in [0.25, 0.3) is 0 Å². The zero-order chi connectivity index (χ0) is 18.4. The number of anilines is 1. The van der Waals surface area contributed by atoms with Crippen molar-refractivity contribution < 1.29 is 9.53 Å². The molecule has 1 N–H and O–H groups in total. The molecule has 5 heteroatoms. The Morgan fingerprint density at radius 2 is 1.96 bits per heavy atom. The zero-order valence-electron chi connectivity index (χ0n) is 14.9. The van der Waals surface area contributed by atoms with Gasteiger partial charge < -0.3 is 10.1 Å². The van der Waals surface area contributed by atoms with Crippen LogP contribution < -0.4 is 5.32 Å². The average Bonchev–Trinajstić information content (AvgIpc) is 2.70. The molecule has 0 aliphatic carbocycles. The Morgan fingerprint density at radius 3 is 2.62 bits per heavy atom. The highest BCUT2D eigenvalue weighted by molar-refractivity contribution is 8.13. The van der Waals surface area contributed by atoms with Crippen molar-refractivity contribution in [2.24, 2.45) is 0 Å². The van der Waals surface area contributed by atoms with Gasteiger partial charge in [-0.2, -0.15) is 0 Å². The molecule has 2 aromatic carbocycles. The second kappa shape index (κ2) is 8.94. The molecule has 2 aromatic rings. The van der Waals surface area contributed by atoms with Gasteiger partial charge in [0, 0.05) is 23.7 Å². The van der Waals surface area contributed by atoms with E-state index in [9.17, 15) is 4.79 Å². The summed E-state index contributed by atoms with van der Waals surface area (Å²) in [5.74, 6) is -0.197. The highest BCUT2D eigenvalue weighted by atomic mass is 32.2. The summed E-state index contributed by atoms with van der Waals surface area (Å²) in [6.07, 6.45) is 1.38. The number of nitrogens with zero attached hydrogens (tertiary/aromatic N) is 1.